The molecule has 0 fully saturated rings. The Labute approximate surface area is 185 Å². The molecule has 0 amide bonds. The number of aryl methyl sites for hydroxylation is 2. The van der Waals surface area contributed by atoms with Gasteiger partial charge in [-0.05, 0) is 43.3 Å². The van der Waals surface area contributed by atoms with Crippen LogP contribution in [-0.4, -0.2) is 42.3 Å². The summed E-state index contributed by atoms with van der Waals surface area (Å²) < 4.78 is 33.2. The van der Waals surface area contributed by atoms with E-state index in [-0.39, 0.29) is 22.1 Å². The first-order valence-corrected chi connectivity index (χ1v) is 11.4. The summed E-state index contributed by atoms with van der Waals surface area (Å²) in [6.45, 7) is 2.59. The van der Waals surface area contributed by atoms with Gasteiger partial charge in [-0.15, -0.1) is 0 Å². The zero-order valence-electron chi connectivity index (χ0n) is 16.7. The quantitative estimate of drug-likeness (QED) is 0.383. The van der Waals surface area contributed by atoms with Crippen molar-refractivity contribution in [3.8, 4) is 5.75 Å². The molecule has 0 atom stereocenters. The van der Waals surface area contributed by atoms with Gasteiger partial charge in [0.05, 0.1) is 27.4 Å². The molecule has 0 radical (unpaired) electrons. The molecule has 10 heteroatoms. The second-order valence-electron chi connectivity index (χ2n) is 6.76. The van der Waals surface area contributed by atoms with Gasteiger partial charge in [0.2, 0.25) is 10.0 Å². The summed E-state index contributed by atoms with van der Waals surface area (Å²) in [7, 11) is -0.597. The molecule has 3 rings (SSSR count). The van der Waals surface area contributed by atoms with Gasteiger partial charge in [0.15, 0.2) is 0 Å². The molecule has 0 aliphatic carbocycles. The van der Waals surface area contributed by atoms with Crippen LogP contribution in [0, 0.1) is 0 Å². The largest absolute Gasteiger partial charge is 0.425 e. The molecule has 0 saturated heterocycles. The average Bonchev–Trinajstić information content (AvgIpc) is 3.05. The van der Waals surface area contributed by atoms with Crippen molar-refractivity contribution >= 4 is 50.2 Å². The highest BCUT2D eigenvalue weighted by Crippen LogP contribution is 2.28. The molecule has 1 heterocycles. The molecular formula is C20H21Cl2N3O4S. The highest BCUT2D eigenvalue weighted by Gasteiger charge is 2.20. The lowest BCUT2D eigenvalue weighted by molar-refractivity contribution is -0.134. The second-order valence-corrected chi connectivity index (χ2v) is 9.75. The van der Waals surface area contributed by atoms with Crippen LogP contribution < -0.4 is 4.74 Å². The van der Waals surface area contributed by atoms with Crippen molar-refractivity contribution in [2.24, 2.45) is 0 Å². The van der Waals surface area contributed by atoms with Gasteiger partial charge in [0, 0.05) is 32.1 Å². The van der Waals surface area contributed by atoms with Gasteiger partial charge in [-0.3, -0.25) is 4.79 Å². The fourth-order valence-electron chi connectivity index (χ4n) is 3.02. The molecule has 1 aromatic heterocycles. The number of halogens is 2. The maximum Gasteiger partial charge on any atom is 0.311 e. The number of ether oxygens (including phenoxy) is 1. The first-order chi connectivity index (χ1) is 14.1. The third kappa shape index (κ3) is 4.62. The molecule has 7 nitrogen and oxygen atoms in total. The Morgan fingerprint density at radius 2 is 1.90 bits per heavy atom. The third-order valence-corrected chi connectivity index (χ3v) is 6.91. The molecule has 0 spiro atoms. The van der Waals surface area contributed by atoms with Crippen molar-refractivity contribution < 1.29 is 17.9 Å². The van der Waals surface area contributed by atoms with Gasteiger partial charge < -0.3 is 9.30 Å². The van der Waals surface area contributed by atoms with Crippen molar-refractivity contribution in [3.05, 3.63) is 52.3 Å². The Kier molecular flexibility index (Phi) is 6.71. The Balaban J connectivity index is 1.81. The SMILES string of the molecule is CCn1c(CCC(=O)Oc2ccc(Cl)cc2Cl)nc2cc(S(=O)(=O)N(C)C)ccc21. The number of aromatic nitrogens is 2. The topological polar surface area (TPSA) is 81.5 Å². The Morgan fingerprint density at radius 3 is 2.53 bits per heavy atom. The van der Waals surface area contributed by atoms with Crippen LogP contribution in [0.1, 0.15) is 19.2 Å². The van der Waals surface area contributed by atoms with E-state index in [0.29, 0.717) is 29.3 Å². The molecule has 0 N–H and O–H groups in total. The maximum atomic E-state index is 12.4. The predicted molar refractivity (Wildman–Crippen MR) is 117 cm³/mol. The molecule has 160 valence electrons. The van der Waals surface area contributed by atoms with Crippen LogP contribution in [0.5, 0.6) is 5.75 Å². The summed E-state index contributed by atoms with van der Waals surface area (Å²) in [5, 5.41) is 0.707. The molecule has 0 bridgehead atoms. The van der Waals surface area contributed by atoms with Crippen LogP contribution in [0.25, 0.3) is 11.0 Å². The van der Waals surface area contributed by atoms with Crippen LogP contribution in [-0.2, 0) is 27.8 Å². The van der Waals surface area contributed by atoms with Gasteiger partial charge in [0.25, 0.3) is 0 Å². The summed E-state index contributed by atoms with van der Waals surface area (Å²) in [4.78, 5) is 17.0. The normalized spacial score (nSPS) is 11.9. The molecular weight excluding hydrogens is 449 g/mol. The van der Waals surface area contributed by atoms with E-state index in [4.69, 9.17) is 27.9 Å². The molecule has 0 aliphatic heterocycles. The number of fused-ring (bicyclic) bond motifs is 1. The molecule has 0 aliphatic rings. The van der Waals surface area contributed by atoms with E-state index in [2.05, 4.69) is 4.98 Å². The van der Waals surface area contributed by atoms with Crippen molar-refractivity contribution in [1.82, 2.24) is 13.9 Å². The maximum absolute atomic E-state index is 12.4. The Bertz CT molecular complexity index is 1210. The van der Waals surface area contributed by atoms with Crippen LogP contribution >= 0.6 is 23.2 Å². The summed E-state index contributed by atoms with van der Waals surface area (Å²) >= 11 is 11.9. The van der Waals surface area contributed by atoms with Crippen LogP contribution in [0.4, 0.5) is 0 Å². The Hall–Kier alpha value is -2.13. The van der Waals surface area contributed by atoms with E-state index in [1.807, 2.05) is 11.5 Å². The fourth-order valence-corrected chi connectivity index (χ4v) is 4.39. The second kappa shape index (κ2) is 8.93. The Morgan fingerprint density at radius 1 is 1.17 bits per heavy atom. The lowest BCUT2D eigenvalue weighted by atomic mass is 10.3. The lowest BCUT2D eigenvalue weighted by Gasteiger charge is -2.11. The van der Waals surface area contributed by atoms with E-state index in [1.165, 1.54) is 26.2 Å². The van der Waals surface area contributed by atoms with Crippen molar-refractivity contribution in [1.29, 1.82) is 0 Å². The highest BCUT2D eigenvalue weighted by atomic mass is 35.5. The van der Waals surface area contributed by atoms with Crippen LogP contribution in [0.2, 0.25) is 10.0 Å². The molecule has 0 unspecified atom stereocenters. The standard InChI is InChI=1S/C20H21Cl2N3O4S/c1-4-25-17-7-6-14(30(27,28)24(2)3)12-16(17)23-19(25)9-10-20(26)29-18-8-5-13(21)11-15(18)22/h5-8,11-12H,4,9-10H2,1-3H3. The summed E-state index contributed by atoms with van der Waals surface area (Å²) in [5.41, 5.74) is 1.36. The van der Waals surface area contributed by atoms with E-state index in [0.717, 1.165) is 9.82 Å². The number of rotatable bonds is 7. The monoisotopic (exact) mass is 469 g/mol. The minimum atomic E-state index is -3.56. The van der Waals surface area contributed by atoms with Crippen molar-refractivity contribution in [2.75, 3.05) is 14.1 Å². The number of sulfonamides is 1. The zero-order valence-corrected chi connectivity index (χ0v) is 19.1. The van der Waals surface area contributed by atoms with E-state index in [1.54, 1.807) is 24.3 Å². The fraction of sp³-hybridized carbons (Fsp3) is 0.300. The predicted octanol–water partition coefficient (Wildman–Crippen LogP) is 4.15. The number of hydrogen-bond donors (Lipinski definition) is 0. The molecule has 2 aromatic carbocycles. The van der Waals surface area contributed by atoms with E-state index >= 15 is 0 Å². The molecule has 0 saturated carbocycles. The lowest BCUT2D eigenvalue weighted by Crippen LogP contribution is -2.22. The first kappa shape index (κ1) is 22.6. The van der Waals surface area contributed by atoms with E-state index < -0.39 is 16.0 Å². The van der Waals surface area contributed by atoms with Gasteiger partial charge >= 0.3 is 5.97 Å². The zero-order chi connectivity index (χ0) is 22.1. The summed E-state index contributed by atoms with van der Waals surface area (Å²) in [6.07, 6.45) is 0.424. The van der Waals surface area contributed by atoms with Crippen LogP contribution in [0.15, 0.2) is 41.3 Å². The highest BCUT2D eigenvalue weighted by molar-refractivity contribution is 7.89. The van der Waals surface area contributed by atoms with Gasteiger partial charge in [-0.1, -0.05) is 23.2 Å². The van der Waals surface area contributed by atoms with Gasteiger partial charge in [-0.25, -0.2) is 17.7 Å². The number of benzene rings is 2. The first-order valence-electron chi connectivity index (χ1n) is 9.21. The average molecular weight is 470 g/mol. The third-order valence-electron chi connectivity index (χ3n) is 4.56. The number of hydrogen-bond acceptors (Lipinski definition) is 5. The minimum Gasteiger partial charge on any atom is -0.425 e. The number of carbonyl (C=O) groups excluding carboxylic acids is 1. The van der Waals surface area contributed by atoms with E-state index in [9.17, 15) is 13.2 Å². The minimum absolute atomic E-state index is 0.0884. The molecule has 30 heavy (non-hydrogen) atoms. The van der Waals surface area contributed by atoms with Gasteiger partial charge in [-0.2, -0.15) is 0 Å². The van der Waals surface area contributed by atoms with Gasteiger partial charge in [0.1, 0.15) is 11.6 Å². The summed E-state index contributed by atoms with van der Waals surface area (Å²) in [6, 6.07) is 9.47. The smallest absolute Gasteiger partial charge is 0.311 e. The number of esters is 1. The van der Waals surface area contributed by atoms with Crippen molar-refractivity contribution in [2.45, 2.75) is 31.2 Å². The summed E-state index contributed by atoms with van der Waals surface area (Å²) in [5.74, 6) is 0.462. The number of nitrogens with zero attached hydrogens (tertiary/aromatic N) is 3. The van der Waals surface area contributed by atoms with Crippen LogP contribution in [0.3, 0.4) is 0 Å². The van der Waals surface area contributed by atoms with Crippen molar-refractivity contribution in [3.63, 3.8) is 0 Å². The number of carbonyl (C=O) groups is 1. The molecule has 3 aromatic rings. The number of imidazole rings is 1.